The smallest absolute Gasteiger partial charge is 0.306 e. The number of rotatable bonds is 53. The summed E-state index contributed by atoms with van der Waals surface area (Å²) in [6, 6.07) is 0. The zero-order valence-corrected chi connectivity index (χ0v) is 45.6. The highest BCUT2D eigenvalue weighted by atomic mass is 16.6. The molecule has 0 radical (unpaired) electrons. The summed E-state index contributed by atoms with van der Waals surface area (Å²) in [6.45, 7) is 6.46. The van der Waals surface area contributed by atoms with Gasteiger partial charge in [0.15, 0.2) is 6.10 Å². The van der Waals surface area contributed by atoms with Crippen molar-refractivity contribution in [3.05, 3.63) is 72.9 Å². The molecule has 0 N–H and O–H groups in total. The molecule has 0 aliphatic heterocycles. The number of unbranched alkanes of at least 4 members (excludes halogenated alkanes) is 30. The number of allylic oxidation sites excluding steroid dienone is 12. The van der Waals surface area contributed by atoms with E-state index in [1.807, 2.05) is 0 Å². The van der Waals surface area contributed by atoms with E-state index in [0.29, 0.717) is 19.3 Å². The minimum absolute atomic E-state index is 0.0760. The van der Waals surface area contributed by atoms with Gasteiger partial charge in [0.1, 0.15) is 13.2 Å². The van der Waals surface area contributed by atoms with Gasteiger partial charge >= 0.3 is 17.9 Å². The number of hydrogen-bond acceptors (Lipinski definition) is 6. The minimum Gasteiger partial charge on any atom is -0.462 e. The van der Waals surface area contributed by atoms with Crippen LogP contribution in [0.25, 0.3) is 0 Å². The quantitative estimate of drug-likeness (QED) is 0.0262. The highest BCUT2D eigenvalue weighted by Gasteiger charge is 2.19. The van der Waals surface area contributed by atoms with E-state index in [-0.39, 0.29) is 31.1 Å². The zero-order valence-electron chi connectivity index (χ0n) is 45.6. The van der Waals surface area contributed by atoms with Crippen LogP contribution in [0.2, 0.25) is 0 Å². The van der Waals surface area contributed by atoms with Gasteiger partial charge in [-0.15, -0.1) is 0 Å². The van der Waals surface area contributed by atoms with Crippen LogP contribution in [-0.2, 0) is 28.6 Å². The van der Waals surface area contributed by atoms with Gasteiger partial charge in [0, 0.05) is 19.3 Å². The van der Waals surface area contributed by atoms with Crippen molar-refractivity contribution in [2.75, 3.05) is 13.2 Å². The molecule has 398 valence electrons. The van der Waals surface area contributed by atoms with Crippen LogP contribution in [0, 0.1) is 0 Å². The van der Waals surface area contributed by atoms with Crippen LogP contribution in [0.3, 0.4) is 0 Å². The van der Waals surface area contributed by atoms with E-state index in [1.165, 1.54) is 141 Å². The van der Waals surface area contributed by atoms with E-state index >= 15 is 0 Å². The first kappa shape index (κ1) is 65.8. The Morgan fingerprint density at radius 1 is 0.304 bits per heavy atom. The van der Waals surface area contributed by atoms with Gasteiger partial charge in [-0.05, 0) is 70.6 Å². The average Bonchev–Trinajstić information content (AvgIpc) is 3.35. The molecular weight excluding hydrogens is 853 g/mol. The molecule has 69 heavy (non-hydrogen) atoms. The third kappa shape index (κ3) is 55.6. The van der Waals surface area contributed by atoms with Crippen LogP contribution in [-0.4, -0.2) is 37.2 Å². The summed E-state index contributed by atoms with van der Waals surface area (Å²) in [4.78, 5) is 37.8. The number of carbonyl (C=O) groups excluding carboxylic acids is 3. The van der Waals surface area contributed by atoms with Gasteiger partial charge in [-0.1, -0.05) is 273 Å². The summed E-state index contributed by atoms with van der Waals surface area (Å²) < 4.78 is 16.7. The number of hydrogen-bond donors (Lipinski definition) is 0. The Bertz CT molecular complexity index is 1290. The molecule has 6 nitrogen and oxygen atoms in total. The van der Waals surface area contributed by atoms with E-state index < -0.39 is 6.10 Å². The molecule has 0 bridgehead atoms. The fourth-order valence-corrected chi connectivity index (χ4v) is 8.33. The Hall–Kier alpha value is -3.15. The molecule has 0 spiro atoms. The molecule has 0 aliphatic rings. The van der Waals surface area contributed by atoms with Crippen molar-refractivity contribution in [1.29, 1.82) is 0 Å². The van der Waals surface area contributed by atoms with Crippen molar-refractivity contribution in [2.24, 2.45) is 0 Å². The number of carbonyl (C=O) groups is 3. The highest BCUT2D eigenvalue weighted by molar-refractivity contribution is 5.71. The van der Waals surface area contributed by atoms with Crippen LogP contribution in [0.15, 0.2) is 72.9 Å². The fourth-order valence-electron chi connectivity index (χ4n) is 8.33. The average molecular weight is 964 g/mol. The summed E-state index contributed by atoms with van der Waals surface area (Å²) in [7, 11) is 0. The SMILES string of the molecule is CC/C=C\C/C=C\C/C=C\C/C=C\C/C=C\C/C=C\CCCCCCCCCCC(=O)OCC(COC(=O)CCCCCCC)OC(=O)CCCCCCCCCCCCCCCCCCCCC. The molecule has 0 aromatic rings. The predicted molar refractivity (Wildman–Crippen MR) is 298 cm³/mol. The second kappa shape index (κ2) is 57.4. The maximum absolute atomic E-state index is 12.8. The third-order valence-corrected chi connectivity index (χ3v) is 12.7. The lowest BCUT2D eigenvalue weighted by atomic mass is 10.0. The lowest BCUT2D eigenvalue weighted by Crippen LogP contribution is -2.30. The summed E-state index contributed by atoms with van der Waals surface area (Å²) in [6.07, 6.45) is 73.7. The molecule has 0 heterocycles. The molecule has 1 unspecified atom stereocenters. The number of ether oxygens (including phenoxy) is 3. The monoisotopic (exact) mass is 963 g/mol. The molecule has 1 atom stereocenters. The van der Waals surface area contributed by atoms with Crippen molar-refractivity contribution in [3.63, 3.8) is 0 Å². The van der Waals surface area contributed by atoms with Crippen LogP contribution >= 0.6 is 0 Å². The van der Waals surface area contributed by atoms with Gasteiger partial charge in [0.05, 0.1) is 0 Å². The molecule has 0 amide bonds. The molecule has 0 saturated heterocycles. The van der Waals surface area contributed by atoms with E-state index in [2.05, 4.69) is 93.7 Å². The lowest BCUT2D eigenvalue weighted by molar-refractivity contribution is -0.167. The maximum atomic E-state index is 12.8. The normalized spacial score (nSPS) is 12.6. The Morgan fingerprint density at radius 2 is 0.565 bits per heavy atom. The van der Waals surface area contributed by atoms with Gasteiger partial charge in [-0.25, -0.2) is 0 Å². The molecule has 6 heteroatoms. The Labute approximate surface area is 427 Å². The first-order valence-electron chi connectivity index (χ1n) is 29.4. The largest absolute Gasteiger partial charge is 0.462 e. The van der Waals surface area contributed by atoms with Crippen LogP contribution < -0.4 is 0 Å². The molecule has 0 fully saturated rings. The third-order valence-electron chi connectivity index (χ3n) is 12.7. The molecule has 0 aromatic heterocycles. The van der Waals surface area contributed by atoms with Crippen molar-refractivity contribution in [2.45, 2.75) is 297 Å². The molecule has 0 aliphatic carbocycles. The zero-order chi connectivity index (χ0) is 50.0. The second-order valence-corrected chi connectivity index (χ2v) is 19.5. The van der Waals surface area contributed by atoms with Gasteiger partial charge in [-0.3, -0.25) is 14.4 Å². The van der Waals surface area contributed by atoms with E-state index in [4.69, 9.17) is 14.2 Å². The Kier molecular flexibility index (Phi) is 54.8. The Morgan fingerprint density at radius 3 is 0.884 bits per heavy atom. The summed E-state index contributed by atoms with van der Waals surface area (Å²) in [5.41, 5.74) is 0. The first-order chi connectivity index (χ1) is 34.0. The summed E-state index contributed by atoms with van der Waals surface area (Å²) in [5.74, 6) is -0.888. The number of esters is 3. The lowest BCUT2D eigenvalue weighted by Gasteiger charge is -2.18. The molecule has 0 saturated carbocycles. The van der Waals surface area contributed by atoms with Gasteiger partial charge in [-0.2, -0.15) is 0 Å². The molecular formula is C63H110O6. The summed E-state index contributed by atoms with van der Waals surface area (Å²) in [5, 5.41) is 0. The maximum Gasteiger partial charge on any atom is 0.306 e. The van der Waals surface area contributed by atoms with Crippen LogP contribution in [0.1, 0.15) is 290 Å². The van der Waals surface area contributed by atoms with E-state index in [0.717, 1.165) is 109 Å². The highest BCUT2D eigenvalue weighted by Crippen LogP contribution is 2.16. The van der Waals surface area contributed by atoms with Crippen molar-refractivity contribution >= 4 is 17.9 Å². The van der Waals surface area contributed by atoms with E-state index in [1.54, 1.807) is 0 Å². The molecule has 0 aromatic carbocycles. The van der Waals surface area contributed by atoms with Crippen molar-refractivity contribution in [3.8, 4) is 0 Å². The topological polar surface area (TPSA) is 78.9 Å². The minimum atomic E-state index is -0.773. The van der Waals surface area contributed by atoms with Crippen molar-refractivity contribution in [1.82, 2.24) is 0 Å². The summed E-state index contributed by atoms with van der Waals surface area (Å²) >= 11 is 0. The first-order valence-corrected chi connectivity index (χ1v) is 29.4. The van der Waals surface area contributed by atoms with E-state index in [9.17, 15) is 14.4 Å². The van der Waals surface area contributed by atoms with Crippen LogP contribution in [0.4, 0.5) is 0 Å². The standard InChI is InChI=1S/C63H110O6/c1-4-7-10-13-15-17-19-21-23-25-27-28-29-30-31-32-33-34-36-37-39-41-43-45-47-50-53-56-62(65)68-59-60(58-67-61(64)55-52-49-12-9-6-3)69-63(66)57-54-51-48-46-44-42-40-38-35-26-24-22-20-18-16-14-11-8-5-2/h7,10,15,17,21,23,27-28,30-31,33-34,60H,4-6,8-9,11-14,16,18-20,22,24-26,29,32,35-59H2,1-3H3/b10-7-,17-15-,23-21-,28-27-,31-30-,34-33-. The Balaban J connectivity index is 4.09. The van der Waals surface area contributed by atoms with Crippen molar-refractivity contribution < 1.29 is 28.6 Å². The van der Waals surface area contributed by atoms with Gasteiger partial charge in [0.2, 0.25) is 0 Å². The van der Waals surface area contributed by atoms with Crippen LogP contribution in [0.5, 0.6) is 0 Å². The fraction of sp³-hybridized carbons (Fsp3) is 0.762. The van der Waals surface area contributed by atoms with Gasteiger partial charge < -0.3 is 14.2 Å². The van der Waals surface area contributed by atoms with Gasteiger partial charge in [0.25, 0.3) is 0 Å². The predicted octanol–water partition coefficient (Wildman–Crippen LogP) is 19.8. The molecule has 0 rings (SSSR count). The second-order valence-electron chi connectivity index (χ2n) is 19.5.